The van der Waals surface area contributed by atoms with Crippen LogP contribution in [-0.2, 0) is 6.42 Å². The van der Waals surface area contributed by atoms with Crippen molar-refractivity contribution < 1.29 is 0 Å². The zero-order valence-electron chi connectivity index (χ0n) is 12.7. The van der Waals surface area contributed by atoms with Crippen molar-refractivity contribution in [2.24, 2.45) is 0 Å². The highest BCUT2D eigenvalue weighted by atomic mass is 79.9. The van der Waals surface area contributed by atoms with Gasteiger partial charge in [0.15, 0.2) is 0 Å². The van der Waals surface area contributed by atoms with Gasteiger partial charge in [0.25, 0.3) is 0 Å². The number of hydrogen-bond acceptors (Lipinski definition) is 1. The standard InChI is InChI=1S/C18H21Br2N/c1-12(2)14-6-4-13(5-7-14)10-18(21-3)16-9-8-15(19)11-17(16)20/h4-9,11-12,18,21H,10H2,1-3H3. The van der Waals surface area contributed by atoms with Crippen molar-refractivity contribution >= 4 is 31.9 Å². The van der Waals surface area contributed by atoms with Crippen LogP contribution in [0.25, 0.3) is 0 Å². The van der Waals surface area contributed by atoms with Crippen LogP contribution in [0.4, 0.5) is 0 Å². The Hall–Kier alpha value is -0.640. The molecule has 0 spiro atoms. The largest absolute Gasteiger partial charge is 0.313 e. The maximum absolute atomic E-state index is 3.66. The van der Waals surface area contributed by atoms with Crippen LogP contribution in [0.5, 0.6) is 0 Å². The summed E-state index contributed by atoms with van der Waals surface area (Å²) in [6, 6.07) is 15.6. The molecule has 21 heavy (non-hydrogen) atoms. The van der Waals surface area contributed by atoms with Crippen LogP contribution in [0.3, 0.4) is 0 Å². The molecular weight excluding hydrogens is 390 g/mol. The molecule has 2 aromatic carbocycles. The van der Waals surface area contributed by atoms with E-state index in [1.807, 2.05) is 7.05 Å². The van der Waals surface area contributed by atoms with E-state index in [4.69, 9.17) is 0 Å². The van der Waals surface area contributed by atoms with Crippen LogP contribution in [0.2, 0.25) is 0 Å². The van der Waals surface area contributed by atoms with E-state index in [1.165, 1.54) is 16.7 Å². The number of likely N-dealkylation sites (N-methyl/N-ethyl adjacent to an activating group) is 1. The Bertz CT molecular complexity index is 591. The molecule has 1 unspecified atom stereocenters. The average Bonchev–Trinajstić information content (AvgIpc) is 2.46. The molecule has 0 aromatic heterocycles. The second-order valence-electron chi connectivity index (χ2n) is 5.61. The van der Waals surface area contributed by atoms with Crippen LogP contribution in [-0.4, -0.2) is 7.05 Å². The summed E-state index contributed by atoms with van der Waals surface area (Å²) in [5.74, 6) is 0.583. The van der Waals surface area contributed by atoms with Crippen molar-refractivity contribution in [2.45, 2.75) is 32.2 Å². The monoisotopic (exact) mass is 409 g/mol. The summed E-state index contributed by atoms with van der Waals surface area (Å²) in [6.45, 7) is 4.45. The lowest BCUT2D eigenvalue weighted by Crippen LogP contribution is -2.19. The van der Waals surface area contributed by atoms with Gasteiger partial charge in [0, 0.05) is 15.0 Å². The molecule has 112 valence electrons. The summed E-state index contributed by atoms with van der Waals surface area (Å²) in [4.78, 5) is 0. The molecule has 2 rings (SSSR count). The number of hydrogen-bond donors (Lipinski definition) is 1. The molecular formula is C18H21Br2N. The van der Waals surface area contributed by atoms with Gasteiger partial charge < -0.3 is 5.32 Å². The Kier molecular flexibility index (Phi) is 6.03. The van der Waals surface area contributed by atoms with Crippen LogP contribution in [0.15, 0.2) is 51.4 Å². The average molecular weight is 411 g/mol. The molecule has 3 heteroatoms. The quantitative estimate of drug-likeness (QED) is 0.652. The third kappa shape index (κ3) is 4.41. The van der Waals surface area contributed by atoms with E-state index in [0.717, 1.165) is 15.4 Å². The summed E-state index contributed by atoms with van der Waals surface area (Å²) in [5, 5.41) is 3.42. The fourth-order valence-electron chi connectivity index (χ4n) is 2.43. The first-order valence-electron chi connectivity index (χ1n) is 7.22. The van der Waals surface area contributed by atoms with Crippen molar-refractivity contribution in [3.8, 4) is 0 Å². The van der Waals surface area contributed by atoms with Gasteiger partial charge in [0.1, 0.15) is 0 Å². The topological polar surface area (TPSA) is 12.0 Å². The molecule has 1 atom stereocenters. The van der Waals surface area contributed by atoms with Gasteiger partial charge in [-0.1, -0.05) is 76.0 Å². The highest BCUT2D eigenvalue weighted by molar-refractivity contribution is 9.11. The second kappa shape index (κ2) is 7.57. The first-order valence-corrected chi connectivity index (χ1v) is 8.81. The molecule has 0 aliphatic rings. The molecule has 0 bridgehead atoms. The van der Waals surface area contributed by atoms with E-state index < -0.39 is 0 Å². The van der Waals surface area contributed by atoms with Crippen LogP contribution >= 0.6 is 31.9 Å². The molecule has 2 aromatic rings. The highest BCUT2D eigenvalue weighted by Crippen LogP contribution is 2.29. The van der Waals surface area contributed by atoms with Crippen molar-refractivity contribution in [1.82, 2.24) is 5.32 Å². The minimum Gasteiger partial charge on any atom is -0.313 e. The lowest BCUT2D eigenvalue weighted by molar-refractivity contribution is 0.589. The number of benzene rings is 2. The van der Waals surface area contributed by atoms with E-state index in [9.17, 15) is 0 Å². The van der Waals surface area contributed by atoms with Gasteiger partial charge >= 0.3 is 0 Å². The van der Waals surface area contributed by atoms with E-state index in [0.29, 0.717) is 12.0 Å². The zero-order valence-corrected chi connectivity index (χ0v) is 15.8. The van der Waals surface area contributed by atoms with E-state index in [2.05, 4.69) is 93.5 Å². The highest BCUT2D eigenvalue weighted by Gasteiger charge is 2.13. The van der Waals surface area contributed by atoms with E-state index in [-0.39, 0.29) is 0 Å². The molecule has 0 saturated carbocycles. The van der Waals surface area contributed by atoms with Gasteiger partial charge in [-0.15, -0.1) is 0 Å². The van der Waals surface area contributed by atoms with Crippen LogP contribution in [0.1, 0.15) is 42.5 Å². The predicted molar refractivity (Wildman–Crippen MR) is 97.9 cm³/mol. The Morgan fingerprint density at radius 3 is 2.19 bits per heavy atom. The molecule has 0 radical (unpaired) electrons. The molecule has 0 heterocycles. The van der Waals surface area contributed by atoms with Crippen molar-refractivity contribution in [1.29, 1.82) is 0 Å². The summed E-state index contributed by atoms with van der Waals surface area (Å²) in [7, 11) is 2.02. The molecule has 0 amide bonds. The van der Waals surface area contributed by atoms with Gasteiger partial charge in [-0.25, -0.2) is 0 Å². The molecule has 0 fully saturated rings. The fourth-order valence-corrected chi connectivity index (χ4v) is 3.75. The van der Waals surface area contributed by atoms with E-state index >= 15 is 0 Å². The van der Waals surface area contributed by atoms with Crippen LogP contribution < -0.4 is 5.32 Å². The number of halogens is 2. The van der Waals surface area contributed by atoms with E-state index in [1.54, 1.807) is 0 Å². The Labute approximate surface area is 144 Å². The number of rotatable bonds is 5. The lowest BCUT2D eigenvalue weighted by atomic mass is 9.96. The minimum absolute atomic E-state index is 0.303. The Balaban J connectivity index is 2.18. The third-order valence-electron chi connectivity index (χ3n) is 3.77. The maximum atomic E-state index is 3.66. The smallest absolute Gasteiger partial charge is 0.0369 e. The van der Waals surface area contributed by atoms with Crippen molar-refractivity contribution in [3.63, 3.8) is 0 Å². The Morgan fingerprint density at radius 1 is 1.00 bits per heavy atom. The molecule has 0 saturated heterocycles. The molecule has 0 aliphatic carbocycles. The third-order valence-corrected chi connectivity index (χ3v) is 4.95. The minimum atomic E-state index is 0.303. The normalized spacial score (nSPS) is 12.7. The SMILES string of the molecule is CNC(Cc1ccc(C(C)C)cc1)c1ccc(Br)cc1Br. The summed E-state index contributed by atoms with van der Waals surface area (Å²) in [5.41, 5.74) is 4.03. The lowest BCUT2D eigenvalue weighted by Gasteiger charge is -2.19. The zero-order chi connectivity index (χ0) is 15.4. The molecule has 1 nitrogen and oxygen atoms in total. The predicted octanol–water partition coefficient (Wildman–Crippen LogP) is 5.84. The molecule has 0 aliphatic heterocycles. The fraction of sp³-hybridized carbons (Fsp3) is 0.333. The van der Waals surface area contributed by atoms with Gasteiger partial charge in [0.05, 0.1) is 0 Å². The van der Waals surface area contributed by atoms with Crippen molar-refractivity contribution in [2.75, 3.05) is 7.05 Å². The molecule has 1 N–H and O–H groups in total. The van der Waals surface area contributed by atoms with Crippen molar-refractivity contribution in [3.05, 3.63) is 68.1 Å². The first kappa shape index (κ1) is 16.7. The van der Waals surface area contributed by atoms with Gasteiger partial charge in [-0.05, 0) is 48.2 Å². The first-order chi connectivity index (χ1) is 10.0. The summed E-state index contributed by atoms with van der Waals surface area (Å²) < 4.78 is 2.23. The van der Waals surface area contributed by atoms with Gasteiger partial charge in [-0.3, -0.25) is 0 Å². The second-order valence-corrected chi connectivity index (χ2v) is 7.38. The number of nitrogens with one attached hydrogen (secondary N) is 1. The summed E-state index contributed by atoms with van der Waals surface area (Å²) >= 11 is 7.17. The van der Waals surface area contributed by atoms with Gasteiger partial charge in [-0.2, -0.15) is 0 Å². The summed E-state index contributed by atoms with van der Waals surface area (Å²) in [6.07, 6.45) is 0.981. The Morgan fingerprint density at radius 2 is 1.67 bits per heavy atom. The van der Waals surface area contributed by atoms with Crippen LogP contribution in [0, 0.1) is 0 Å². The van der Waals surface area contributed by atoms with Gasteiger partial charge in [0.2, 0.25) is 0 Å². The maximum Gasteiger partial charge on any atom is 0.0369 e.